The summed E-state index contributed by atoms with van der Waals surface area (Å²) in [5.74, 6) is 0.702. The van der Waals surface area contributed by atoms with E-state index in [2.05, 4.69) is 0 Å². The van der Waals surface area contributed by atoms with E-state index >= 15 is 0 Å². The van der Waals surface area contributed by atoms with Gasteiger partial charge in [-0.1, -0.05) is 23.2 Å². The van der Waals surface area contributed by atoms with Gasteiger partial charge in [0.25, 0.3) is 0 Å². The summed E-state index contributed by atoms with van der Waals surface area (Å²) >= 11 is 13.3. The van der Waals surface area contributed by atoms with Crippen molar-refractivity contribution in [2.45, 2.75) is 48.5 Å². The Hall–Kier alpha value is -2.49. The molecule has 1 heterocycles. The van der Waals surface area contributed by atoms with Crippen LogP contribution in [0.1, 0.15) is 38.9 Å². The van der Waals surface area contributed by atoms with Crippen LogP contribution in [0.15, 0.2) is 21.3 Å². The Morgan fingerprint density at radius 3 is 1.94 bits per heavy atom. The number of benzene rings is 3. The van der Waals surface area contributed by atoms with E-state index in [1.165, 1.54) is 0 Å². The first-order valence-corrected chi connectivity index (χ1v) is 10.9. The van der Waals surface area contributed by atoms with Crippen LogP contribution < -0.4 is 5.43 Å². The standard InChI is InChI=1S/C26H24Cl2O3/c1-10-12(3)23(29)15(6)25-20(10)22(19-14(5)17(27)8-9-18(19)28)21-11(2)13(4)24(30)16(7)26(21)31-25/h8-9,29H,1-7H3. The molecular weight excluding hydrogens is 431 g/mol. The lowest BCUT2D eigenvalue weighted by Crippen LogP contribution is -2.15. The van der Waals surface area contributed by atoms with Crippen LogP contribution in [-0.4, -0.2) is 5.11 Å². The number of hydrogen-bond donors (Lipinski definition) is 1. The predicted molar refractivity (Wildman–Crippen MR) is 129 cm³/mol. The summed E-state index contributed by atoms with van der Waals surface area (Å²) in [6, 6.07) is 3.58. The fourth-order valence-electron chi connectivity index (χ4n) is 4.51. The fraction of sp³-hybridized carbons (Fsp3) is 0.269. The molecule has 2 aromatic carbocycles. The number of rotatable bonds is 1. The Balaban J connectivity index is 2.48. The lowest BCUT2D eigenvalue weighted by molar-refractivity contribution is 0.465. The average molecular weight is 455 g/mol. The maximum absolute atomic E-state index is 12.9. The predicted octanol–water partition coefficient (Wildman–Crippen LogP) is 7.74. The SMILES string of the molecule is Cc1c(Cl)ccc(Cl)c1-c1c2c(C)c(C)c(=O)c(C)c-2oc2c(C)c(O)c(C)c(C)c12. The highest BCUT2D eigenvalue weighted by molar-refractivity contribution is 6.37. The molecule has 3 nitrogen and oxygen atoms in total. The van der Waals surface area contributed by atoms with Crippen molar-refractivity contribution in [2.75, 3.05) is 0 Å². The Kier molecular flexibility index (Phi) is 5.11. The van der Waals surface area contributed by atoms with Crippen molar-refractivity contribution < 1.29 is 9.52 Å². The van der Waals surface area contributed by atoms with Gasteiger partial charge >= 0.3 is 0 Å². The van der Waals surface area contributed by atoms with Gasteiger partial charge in [-0.3, -0.25) is 4.79 Å². The molecule has 0 saturated heterocycles. The maximum atomic E-state index is 12.9. The van der Waals surface area contributed by atoms with Crippen LogP contribution in [0.5, 0.6) is 5.75 Å². The largest absolute Gasteiger partial charge is 0.507 e. The van der Waals surface area contributed by atoms with Crippen molar-refractivity contribution in [3.8, 4) is 28.2 Å². The zero-order valence-corrected chi connectivity index (χ0v) is 20.2. The quantitative estimate of drug-likeness (QED) is 0.299. The molecule has 0 bridgehead atoms. The van der Waals surface area contributed by atoms with Crippen LogP contribution in [0.25, 0.3) is 33.4 Å². The number of fused-ring (bicyclic) bond motifs is 2. The number of halogens is 2. The summed E-state index contributed by atoms with van der Waals surface area (Å²) < 4.78 is 6.38. The van der Waals surface area contributed by atoms with Crippen LogP contribution >= 0.6 is 23.2 Å². The van der Waals surface area contributed by atoms with E-state index in [0.717, 1.165) is 44.3 Å². The van der Waals surface area contributed by atoms with Crippen molar-refractivity contribution in [1.29, 1.82) is 0 Å². The van der Waals surface area contributed by atoms with Gasteiger partial charge in [-0.2, -0.15) is 0 Å². The summed E-state index contributed by atoms with van der Waals surface area (Å²) in [7, 11) is 0. The van der Waals surface area contributed by atoms with Crippen molar-refractivity contribution >= 4 is 34.2 Å². The molecule has 4 rings (SSSR count). The molecule has 2 aromatic rings. The summed E-state index contributed by atoms with van der Waals surface area (Å²) in [6.07, 6.45) is 0. The molecule has 0 aromatic heterocycles. The Morgan fingerprint density at radius 2 is 1.29 bits per heavy atom. The zero-order chi connectivity index (χ0) is 22.9. The minimum absolute atomic E-state index is 0.0429. The third-order valence-electron chi connectivity index (χ3n) is 6.70. The molecule has 1 N–H and O–H groups in total. The first kappa shape index (κ1) is 21.7. The molecule has 160 valence electrons. The van der Waals surface area contributed by atoms with Crippen LogP contribution in [-0.2, 0) is 0 Å². The molecule has 1 aliphatic heterocycles. The Morgan fingerprint density at radius 1 is 0.677 bits per heavy atom. The third-order valence-corrected chi connectivity index (χ3v) is 7.43. The minimum atomic E-state index is -0.0429. The number of phenolic OH excluding ortho intramolecular Hbond substituents is 1. The number of aryl methyl sites for hydroxylation is 2. The van der Waals surface area contributed by atoms with Gasteiger partial charge < -0.3 is 9.52 Å². The highest BCUT2D eigenvalue weighted by Gasteiger charge is 2.29. The first-order chi connectivity index (χ1) is 14.5. The monoisotopic (exact) mass is 454 g/mol. The number of aromatic hydroxyl groups is 1. The van der Waals surface area contributed by atoms with Gasteiger partial charge in [-0.25, -0.2) is 0 Å². The smallest absolute Gasteiger partial charge is 0.188 e. The van der Waals surface area contributed by atoms with Crippen molar-refractivity contribution in [3.05, 3.63) is 71.3 Å². The van der Waals surface area contributed by atoms with Crippen molar-refractivity contribution in [3.63, 3.8) is 0 Å². The molecule has 0 unspecified atom stereocenters. The van der Waals surface area contributed by atoms with E-state index < -0.39 is 0 Å². The van der Waals surface area contributed by atoms with Crippen LogP contribution in [0.3, 0.4) is 0 Å². The van der Waals surface area contributed by atoms with E-state index in [9.17, 15) is 9.90 Å². The first-order valence-electron chi connectivity index (χ1n) is 10.1. The van der Waals surface area contributed by atoms with Crippen molar-refractivity contribution in [2.24, 2.45) is 0 Å². The van der Waals surface area contributed by atoms with Crippen LogP contribution in [0, 0.1) is 48.5 Å². The number of phenols is 1. The van der Waals surface area contributed by atoms with Gasteiger partial charge in [-0.05, 0) is 82.9 Å². The normalized spacial score (nSPS) is 11.6. The van der Waals surface area contributed by atoms with E-state index in [1.54, 1.807) is 19.1 Å². The summed E-state index contributed by atoms with van der Waals surface area (Å²) in [6.45, 7) is 13.2. The van der Waals surface area contributed by atoms with E-state index in [-0.39, 0.29) is 11.2 Å². The highest BCUT2D eigenvalue weighted by atomic mass is 35.5. The molecule has 5 heteroatoms. The molecule has 2 aliphatic rings. The zero-order valence-electron chi connectivity index (χ0n) is 18.7. The van der Waals surface area contributed by atoms with Crippen LogP contribution in [0.2, 0.25) is 10.0 Å². The topological polar surface area (TPSA) is 50.4 Å². The summed E-state index contributed by atoms with van der Waals surface area (Å²) in [5, 5.41) is 12.8. The second-order valence-electron chi connectivity index (χ2n) is 8.34. The molecular formula is C26H24Cl2O3. The highest BCUT2D eigenvalue weighted by Crippen LogP contribution is 2.50. The Labute approximate surface area is 191 Å². The van der Waals surface area contributed by atoms with Gasteiger partial charge in [-0.15, -0.1) is 0 Å². The van der Waals surface area contributed by atoms with Gasteiger partial charge in [0.15, 0.2) is 5.43 Å². The number of hydrogen-bond acceptors (Lipinski definition) is 3. The molecule has 1 aliphatic carbocycles. The van der Waals surface area contributed by atoms with Gasteiger partial charge in [0.05, 0.1) is 0 Å². The second-order valence-corrected chi connectivity index (χ2v) is 9.16. The van der Waals surface area contributed by atoms with E-state index in [1.807, 2.05) is 41.5 Å². The third kappa shape index (κ3) is 2.90. The lowest BCUT2D eigenvalue weighted by Gasteiger charge is -2.25. The lowest BCUT2D eigenvalue weighted by atomic mass is 9.83. The maximum Gasteiger partial charge on any atom is 0.188 e. The van der Waals surface area contributed by atoms with Gasteiger partial charge in [0.2, 0.25) is 0 Å². The summed E-state index contributed by atoms with van der Waals surface area (Å²) in [4.78, 5) is 12.9. The Bertz CT molecular complexity index is 1440. The molecule has 0 radical (unpaired) electrons. The molecule has 31 heavy (non-hydrogen) atoms. The van der Waals surface area contributed by atoms with E-state index in [4.69, 9.17) is 27.6 Å². The summed E-state index contributed by atoms with van der Waals surface area (Å²) in [5.41, 5.74) is 8.28. The molecule has 0 saturated carbocycles. The van der Waals surface area contributed by atoms with Gasteiger partial charge in [0.1, 0.15) is 17.1 Å². The molecule has 0 atom stereocenters. The minimum Gasteiger partial charge on any atom is -0.507 e. The molecule has 0 amide bonds. The molecule has 0 fully saturated rings. The second kappa shape index (κ2) is 7.29. The fourth-order valence-corrected chi connectivity index (χ4v) is 4.96. The molecule has 0 spiro atoms. The van der Waals surface area contributed by atoms with E-state index in [0.29, 0.717) is 38.1 Å². The van der Waals surface area contributed by atoms with Crippen LogP contribution in [0.4, 0.5) is 0 Å². The van der Waals surface area contributed by atoms with Gasteiger partial charge in [0, 0.05) is 48.8 Å². The average Bonchev–Trinajstić information content (AvgIpc) is 2.75. The van der Waals surface area contributed by atoms with Crippen molar-refractivity contribution in [1.82, 2.24) is 0 Å².